The first-order valence-corrected chi connectivity index (χ1v) is 10.4. The average molecular weight is 480 g/mol. The van der Waals surface area contributed by atoms with Gasteiger partial charge in [0.05, 0.1) is 0 Å². The lowest BCUT2D eigenvalue weighted by Crippen LogP contribution is -2.44. The highest BCUT2D eigenvalue weighted by atomic mass is 127. The van der Waals surface area contributed by atoms with Gasteiger partial charge in [-0.1, -0.05) is 19.8 Å². The number of nitrogens with one attached hydrogen (secondary N) is 2. The Morgan fingerprint density at radius 3 is 2.46 bits per heavy atom. The molecule has 1 saturated carbocycles. The molecular weight excluding hydrogens is 439 g/mol. The standard InChI is InChI=1S/C20H40N4O.HI/c1-4-24-14-8-18(9-15-24)7-13-22-19(21-2)23-17-20(12-16-25-3)10-5-6-11-20;/h18H,4-17H2,1-3H3,(H2,21,22,23);1H. The molecule has 26 heavy (non-hydrogen) atoms. The maximum absolute atomic E-state index is 5.33. The van der Waals surface area contributed by atoms with Gasteiger partial charge in [-0.05, 0) is 69.5 Å². The second kappa shape index (κ2) is 13.2. The quantitative estimate of drug-likeness (QED) is 0.302. The molecule has 0 unspecified atom stereocenters. The summed E-state index contributed by atoms with van der Waals surface area (Å²) < 4.78 is 5.33. The van der Waals surface area contributed by atoms with Crippen LogP contribution in [0.15, 0.2) is 4.99 Å². The minimum atomic E-state index is 0. The molecule has 1 heterocycles. The summed E-state index contributed by atoms with van der Waals surface area (Å²) in [6, 6.07) is 0. The van der Waals surface area contributed by atoms with Crippen molar-refractivity contribution in [1.29, 1.82) is 0 Å². The van der Waals surface area contributed by atoms with Crippen molar-refractivity contribution in [2.75, 3.05) is 53.5 Å². The number of methoxy groups -OCH3 is 1. The second-order valence-corrected chi connectivity index (χ2v) is 7.97. The van der Waals surface area contributed by atoms with Gasteiger partial charge in [-0.2, -0.15) is 0 Å². The summed E-state index contributed by atoms with van der Waals surface area (Å²) in [7, 11) is 3.69. The fourth-order valence-corrected chi connectivity index (χ4v) is 4.44. The molecule has 0 radical (unpaired) electrons. The van der Waals surface area contributed by atoms with E-state index < -0.39 is 0 Å². The lowest BCUT2D eigenvalue weighted by atomic mass is 9.83. The zero-order chi connectivity index (χ0) is 18.0. The number of halogens is 1. The Kier molecular flexibility index (Phi) is 12.1. The van der Waals surface area contributed by atoms with Crippen LogP contribution in [0.3, 0.4) is 0 Å². The van der Waals surface area contributed by atoms with E-state index in [0.717, 1.165) is 38.0 Å². The van der Waals surface area contributed by atoms with E-state index >= 15 is 0 Å². The first-order valence-electron chi connectivity index (χ1n) is 10.4. The number of ether oxygens (including phenoxy) is 1. The van der Waals surface area contributed by atoms with E-state index in [1.807, 2.05) is 14.2 Å². The molecule has 2 fully saturated rings. The Balaban J connectivity index is 0.00000338. The molecule has 0 atom stereocenters. The molecule has 0 aromatic carbocycles. The fourth-order valence-electron chi connectivity index (χ4n) is 4.44. The van der Waals surface area contributed by atoms with E-state index in [0.29, 0.717) is 5.41 Å². The monoisotopic (exact) mass is 480 g/mol. The Hall–Kier alpha value is -0.0800. The van der Waals surface area contributed by atoms with Crippen molar-refractivity contribution >= 4 is 29.9 Å². The molecular formula is C20H41IN4O. The predicted octanol–water partition coefficient (Wildman–Crippen LogP) is 3.49. The molecule has 2 rings (SSSR count). The highest BCUT2D eigenvalue weighted by Gasteiger charge is 2.33. The molecule has 0 aromatic rings. The van der Waals surface area contributed by atoms with E-state index in [1.54, 1.807) is 0 Å². The summed E-state index contributed by atoms with van der Waals surface area (Å²) in [5.41, 5.74) is 0.403. The minimum Gasteiger partial charge on any atom is -0.385 e. The highest BCUT2D eigenvalue weighted by Crippen LogP contribution is 2.40. The van der Waals surface area contributed by atoms with Gasteiger partial charge in [0.2, 0.25) is 0 Å². The minimum absolute atomic E-state index is 0. The zero-order valence-electron chi connectivity index (χ0n) is 17.2. The van der Waals surface area contributed by atoms with Gasteiger partial charge in [0.1, 0.15) is 0 Å². The van der Waals surface area contributed by atoms with Crippen LogP contribution in [-0.2, 0) is 4.74 Å². The van der Waals surface area contributed by atoms with Crippen molar-refractivity contribution in [3.8, 4) is 0 Å². The molecule has 6 heteroatoms. The topological polar surface area (TPSA) is 48.9 Å². The zero-order valence-corrected chi connectivity index (χ0v) is 19.5. The van der Waals surface area contributed by atoms with E-state index in [2.05, 4.69) is 27.4 Å². The van der Waals surface area contributed by atoms with Crippen molar-refractivity contribution in [2.24, 2.45) is 16.3 Å². The van der Waals surface area contributed by atoms with E-state index in [-0.39, 0.29) is 24.0 Å². The number of guanidine groups is 1. The third-order valence-electron chi connectivity index (χ3n) is 6.35. The lowest BCUT2D eigenvalue weighted by molar-refractivity contribution is 0.138. The Labute approximate surface area is 178 Å². The summed E-state index contributed by atoms with van der Waals surface area (Å²) >= 11 is 0. The highest BCUT2D eigenvalue weighted by molar-refractivity contribution is 14.0. The number of hydrogen-bond acceptors (Lipinski definition) is 3. The first-order chi connectivity index (χ1) is 12.2. The maximum atomic E-state index is 5.33. The van der Waals surface area contributed by atoms with Crippen LogP contribution in [0.25, 0.3) is 0 Å². The van der Waals surface area contributed by atoms with Crippen molar-refractivity contribution in [3.05, 3.63) is 0 Å². The van der Waals surface area contributed by atoms with Crippen LogP contribution < -0.4 is 10.6 Å². The number of piperidine rings is 1. The third-order valence-corrected chi connectivity index (χ3v) is 6.35. The van der Waals surface area contributed by atoms with Gasteiger partial charge in [-0.3, -0.25) is 4.99 Å². The molecule has 0 bridgehead atoms. The van der Waals surface area contributed by atoms with E-state index in [9.17, 15) is 0 Å². The molecule has 0 spiro atoms. The van der Waals surface area contributed by atoms with Gasteiger partial charge in [-0.25, -0.2) is 0 Å². The Morgan fingerprint density at radius 1 is 1.19 bits per heavy atom. The lowest BCUT2D eigenvalue weighted by Gasteiger charge is -2.31. The third kappa shape index (κ3) is 7.89. The average Bonchev–Trinajstić information content (AvgIpc) is 3.12. The van der Waals surface area contributed by atoms with Gasteiger partial charge in [0, 0.05) is 33.9 Å². The summed E-state index contributed by atoms with van der Waals surface area (Å²) in [5.74, 6) is 1.84. The second-order valence-electron chi connectivity index (χ2n) is 7.97. The van der Waals surface area contributed by atoms with Gasteiger partial charge >= 0.3 is 0 Å². The van der Waals surface area contributed by atoms with Crippen molar-refractivity contribution in [3.63, 3.8) is 0 Å². The smallest absolute Gasteiger partial charge is 0.190 e. The number of hydrogen-bond donors (Lipinski definition) is 2. The summed E-state index contributed by atoms with van der Waals surface area (Å²) in [5, 5.41) is 7.12. The normalized spacial score (nSPS) is 21.4. The van der Waals surface area contributed by atoms with Crippen LogP contribution in [-0.4, -0.2) is 64.3 Å². The summed E-state index contributed by atoms with van der Waals surface area (Å²) in [6.07, 6.45) is 10.5. The largest absolute Gasteiger partial charge is 0.385 e. The van der Waals surface area contributed by atoms with Crippen LogP contribution in [0.4, 0.5) is 0 Å². The molecule has 5 nitrogen and oxygen atoms in total. The van der Waals surface area contributed by atoms with Crippen molar-refractivity contribution < 1.29 is 4.74 Å². The van der Waals surface area contributed by atoms with Crippen molar-refractivity contribution in [2.45, 2.75) is 58.3 Å². The number of nitrogens with zero attached hydrogens (tertiary/aromatic N) is 2. The van der Waals surface area contributed by atoms with Crippen LogP contribution in [0.5, 0.6) is 0 Å². The summed E-state index contributed by atoms with van der Waals surface area (Å²) in [4.78, 5) is 6.98. The Bertz CT molecular complexity index is 391. The molecule has 2 N–H and O–H groups in total. The SMILES string of the molecule is CCN1CCC(CCNC(=NC)NCC2(CCOC)CCCC2)CC1.I. The molecule has 1 aliphatic heterocycles. The first kappa shape index (κ1) is 24.0. The van der Waals surface area contributed by atoms with Gasteiger partial charge in [0.25, 0.3) is 0 Å². The fraction of sp³-hybridized carbons (Fsp3) is 0.950. The molecule has 1 saturated heterocycles. The van der Waals surface area contributed by atoms with Crippen LogP contribution in [0.2, 0.25) is 0 Å². The number of aliphatic imine (C=N–C) groups is 1. The molecule has 0 amide bonds. The molecule has 2 aliphatic rings. The Morgan fingerprint density at radius 2 is 1.88 bits per heavy atom. The van der Waals surface area contributed by atoms with E-state index in [4.69, 9.17) is 4.74 Å². The maximum Gasteiger partial charge on any atom is 0.190 e. The predicted molar refractivity (Wildman–Crippen MR) is 122 cm³/mol. The van der Waals surface area contributed by atoms with Crippen LogP contribution in [0.1, 0.15) is 58.3 Å². The van der Waals surface area contributed by atoms with Gasteiger partial charge in [-0.15, -0.1) is 24.0 Å². The van der Waals surface area contributed by atoms with Crippen LogP contribution >= 0.6 is 24.0 Å². The number of rotatable bonds is 9. The molecule has 154 valence electrons. The van der Waals surface area contributed by atoms with Gasteiger partial charge < -0.3 is 20.3 Å². The van der Waals surface area contributed by atoms with Crippen molar-refractivity contribution in [1.82, 2.24) is 15.5 Å². The summed E-state index contributed by atoms with van der Waals surface area (Å²) in [6.45, 7) is 8.93. The van der Waals surface area contributed by atoms with Gasteiger partial charge in [0.15, 0.2) is 5.96 Å². The number of likely N-dealkylation sites (tertiary alicyclic amines) is 1. The van der Waals surface area contributed by atoms with E-state index in [1.165, 1.54) is 64.6 Å². The molecule has 0 aromatic heterocycles. The van der Waals surface area contributed by atoms with Crippen LogP contribution in [0, 0.1) is 11.3 Å². The molecule has 1 aliphatic carbocycles.